The summed E-state index contributed by atoms with van der Waals surface area (Å²) in [6.07, 6.45) is -1.32. The predicted octanol–water partition coefficient (Wildman–Crippen LogP) is 3.62. The Labute approximate surface area is 102 Å². The summed E-state index contributed by atoms with van der Waals surface area (Å²) < 4.78 is 26.5. The molecule has 0 spiro atoms. The molecule has 0 aliphatic rings. The molecule has 0 aliphatic heterocycles. The fourth-order valence-corrected chi connectivity index (χ4v) is 1.99. The molecular formula is C11H12ClF2N3. The Morgan fingerprint density at radius 1 is 1.35 bits per heavy atom. The fourth-order valence-electron chi connectivity index (χ4n) is 1.53. The van der Waals surface area contributed by atoms with Crippen LogP contribution in [0.5, 0.6) is 0 Å². The standard InChI is InChI=1S/C11H12ClF2N3/c1-11(2,3)8-9(12)17-5-15-6(10(13)14)4-7(17)16-8/h4-5,10H,1-3H3. The number of hydrogen-bond donors (Lipinski definition) is 0. The summed E-state index contributed by atoms with van der Waals surface area (Å²) in [5, 5.41) is 0.417. The van der Waals surface area contributed by atoms with Crippen molar-refractivity contribution >= 4 is 17.2 Å². The van der Waals surface area contributed by atoms with E-state index in [0.29, 0.717) is 16.5 Å². The van der Waals surface area contributed by atoms with Crippen molar-refractivity contribution < 1.29 is 8.78 Å². The molecule has 3 nitrogen and oxygen atoms in total. The van der Waals surface area contributed by atoms with Crippen molar-refractivity contribution in [3.63, 3.8) is 0 Å². The van der Waals surface area contributed by atoms with Crippen LogP contribution in [0.15, 0.2) is 12.4 Å². The van der Waals surface area contributed by atoms with Crippen LogP contribution < -0.4 is 0 Å². The summed E-state index contributed by atoms with van der Waals surface area (Å²) in [6, 6.07) is 1.26. The minimum atomic E-state index is -2.60. The first-order chi connectivity index (χ1) is 7.80. The molecule has 0 bridgehead atoms. The second-order valence-electron chi connectivity index (χ2n) is 4.84. The summed E-state index contributed by atoms with van der Waals surface area (Å²) in [4.78, 5) is 7.94. The van der Waals surface area contributed by atoms with Gasteiger partial charge in [0.25, 0.3) is 6.43 Å². The maximum absolute atomic E-state index is 12.5. The smallest absolute Gasteiger partial charge is 0.273 e. The lowest BCUT2D eigenvalue weighted by atomic mass is 9.93. The Morgan fingerprint density at radius 2 is 2.00 bits per heavy atom. The van der Waals surface area contributed by atoms with E-state index < -0.39 is 6.43 Å². The van der Waals surface area contributed by atoms with Gasteiger partial charge in [0.2, 0.25) is 0 Å². The SMILES string of the molecule is CC(C)(C)c1nc2cc(C(F)F)ncn2c1Cl. The van der Waals surface area contributed by atoms with Crippen LogP contribution in [0.3, 0.4) is 0 Å². The van der Waals surface area contributed by atoms with E-state index in [1.165, 1.54) is 16.8 Å². The summed E-state index contributed by atoms with van der Waals surface area (Å²) >= 11 is 6.15. The van der Waals surface area contributed by atoms with Crippen LogP contribution in [0, 0.1) is 0 Å². The first kappa shape index (κ1) is 12.2. The van der Waals surface area contributed by atoms with E-state index >= 15 is 0 Å². The van der Waals surface area contributed by atoms with Crippen molar-refractivity contribution in [2.75, 3.05) is 0 Å². The number of aromatic nitrogens is 3. The quantitative estimate of drug-likeness (QED) is 0.783. The van der Waals surface area contributed by atoms with Crippen molar-refractivity contribution in [3.05, 3.63) is 28.9 Å². The summed E-state index contributed by atoms with van der Waals surface area (Å²) in [6.45, 7) is 5.88. The highest BCUT2D eigenvalue weighted by Gasteiger charge is 2.23. The van der Waals surface area contributed by atoms with Crippen LogP contribution in [-0.4, -0.2) is 14.4 Å². The van der Waals surface area contributed by atoms with E-state index in [4.69, 9.17) is 11.6 Å². The molecule has 0 atom stereocenters. The number of rotatable bonds is 1. The van der Waals surface area contributed by atoms with Gasteiger partial charge >= 0.3 is 0 Å². The van der Waals surface area contributed by atoms with Gasteiger partial charge in [-0.1, -0.05) is 32.4 Å². The van der Waals surface area contributed by atoms with E-state index in [1.807, 2.05) is 20.8 Å². The Morgan fingerprint density at radius 3 is 2.53 bits per heavy atom. The van der Waals surface area contributed by atoms with Gasteiger partial charge in [0, 0.05) is 11.5 Å². The average molecular weight is 260 g/mol. The molecule has 0 aromatic carbocycles. The highest BCUT2D eigenvalue weighted by atomic mass is 35.5. The lowest BCUT2D eigenvalue weighted by Gasteiger charge is -2.15. The largest absolute Gasteiger partial charge is 0.280 e. The lowest BCUT2D eigenvalue weighted by molar-refractivity contribution is 0.146. The highest BCUT2D eigenvalue weighted by molar-refractivity contribution is 6.30. The van der Waals surface area contributed by atoms with Gasteiger partial charge in [0.1, 0.15) is 22.8 Å². The Bertz CT molecular complexity index is 558. The molecule has 0 aliphatic carbocycles. The molecule has 2 aromatic rings. The van der Waals surface area contributed by atoms with Gasteiger partial charge in [-0.3, -0.25) is 4.40 Å². The number of hydrogen-bond acceptors (Lipinski definition) is 2. The van der Waals surface area contributed by atoms with Crippen molar-refractivity contribution in [1.82, 2.24) is 14.4 Å². The first-order valence-corrected chi connectivity index (χ1v) is 5.50. The molecule has 2 rings (SSSR count). The Balaban J connectivity index is 2.66. The topological polar surface area (TPSA) is 30.2 Å². The molecule has 92 valence electrons. The summed E-state index contributed by atoms with van der Waals surface area (Å²) in [5.41, 5.74) is 0.533. The zero-order valence-corrected chi connectivity index (χ0v) is 10.5. The zero-order valence-electron chi connectivity index (χ0n) is 9.71. The first-order valence-electron chi connectivity index (χ1n) is 5.13. The number of alkyl halides is 2. The molecule has 2 heterocycles. The fraction of sp³-hybridized carbons (Fsp3) is 0.455. The lowest BCUT2D eigenvalue weighted by Crippen LogP contribution is -2.12. The Hall–Kier alpha value is -1.23. The molecule has 0 unspecified atom stereocenters. The number of imidazole rings is 1. The summed E-state index contributed by atoms with van der Waals surface area (Å²) in [7, 11) is 0. The van der Waals surface area contributed by atoms with Gasteiger partial charge in [-0.25, -0.2) is 18.7 Å². The minimum Gasteiger partial charge on any atom is -0.273 e. The zero-order chi connectivity index (χ0) is 12.8. The number of nitrogens with zero attached hydrogens (tertiary/aromatic N) is 3. The van der Waals surface area contributed by atoms with Crippen LogP contribution >= 0.6 is 11.6 Å². The van der Waals surface area contributed by atoms with Gasteiger partial charge in [-0.05, 0) is 0 Å². The van der Waals surface area contributed by atoms with E-state index in [2.05, 4.69) is 9.97 Å². The van der Waals surface area contributed by atoms with Gasteiger partial charge in [-0.2, -0.15) is 0 Å². The molecule has 2 aromatic heterocycles. The molecule has 0 saturated heterocycles. The third-order valence-electron chi connectivity index (χ3n) is 2.41. The van der Waals surface area contributed by atoms with Gasteiger partial charge in [0.15, 0.2) is 0 Å². The molecule has 0 saturated carbocycles. The van der Waals surface area contributed by atoms with Crippen molar-refractivity contribution in [2.45, 2.75) is 32.6 Å². The van der Waals surface area contributed by atoms with E-state index in [-0.39, 0.29) is 11.1 Å². The normalized spacial score (nSPS) is 12.6. The number of fused-ring (bicyclic) bond motifs is 1. The minimum absolute atomic E-state index is 0.242. The maximum Gasteiger partial charge on any atom is 0.280 e. The van der Waals surface area contributed by atoms with Crippen LogP contribution in [0.25, 0.3) is 5.65 Å². The van der Waals surface area contributed by atoms with E-state index in [1.54, 1.807) is 0 Å². The third kappa shape index (κ3) is 2.11. The van der Waals surface area contributed by atoms with E-state index in [0.717, 1.165) is 0 Å². The molecule has 0 radical (unpaired) electrons. The molecule has 0 fully saturated rings. The van der Waals surface area contributed by atoms with Crippen molar-refractivity contribution in [2.24, 2.45) is 0 Å². The monoisotopic (exact) mass is 259 g/mol. The average Bonchev–Trinajstić information content (AvgIpc) is 2.55. The predicted molar refractivity (Wildman–Crippen MR) is 61.7 cm³/mol. The maximum atomic E-state index is 12.5. The summed E-state index contributed by atoms with van der Waals surface area (Å²) in [5.74, 6) is 0. The van der Waals surface area contributed by atoms with Crippen molar-refractivity contribution in [1.29, 1.82) is 0 Å². The number of halogens is 3. The van der Waals surface area contributed by atoms with Crippen LogP contribution in [0.2, 0.25) is 5.15 Å². The van der Waals surface area contributed by atoms with Gasteiger partial charge in [-0.15, -0.1) is 0 Å². The Kier molecular flexibility index (Phi) is 2.81. The van der Waals surface area contributed by atoms with Gasteiger partial charge in [0.05, 0.1) is 5.69 Å². The van der Waals surface area contributed by atoms with Crippen LogP contribution in [0.1, 0.15) is 38.6 Å². The van der Waals surface area contributed by atoms with Crippen molar-refractivity contribution in [3.8, 4) is 0 Å². The third-order valence-corrected chi connectivity index (χ3v) is 2.77. The molecular weight excluding hydrogens is 248 g/mol. The van der Waals surface area contributed by atoms with Crippen LogP contribution in [-0.2, 0) is 5.41 Å². The molecule has 6 heteroatoms. The second kappa shape index (κ2) is 3.91. The molecule has 0 amide bonds. The van der Waals surface area contributed by atoms with Crippen LogP contribution in [0.4, 0.5) is 8.78 Å². The van der Waals surface area contributed by atoms with Gasteiger partial charge < -0.3 is 0 Å². The van der Waals surface area contributed by atoms with E-state index in [9.17, 15) is 8.78 Å². The highest BCUT2D eigenvalue weighted by Crippen LogP contribution is 2.30. The second-order valence-corrected chi connectivity index (χ2v) is 5.20. The molecule has 0 N–H and O–H groups in total. The molecule has 17 heavy (non-hydrogen) atoms.